The number of halogens is 1. The molecule has 0 spiro atoms. The topological polar surface area (TPSA) is 78.2 Å². The zero-order valence-corrected chi connectivity index (χ0v) is 15.7. The quantitative estimate of drug-likeness (QED) is 0.318. The number of nitro groups is 1. The van der Waals surface area contributed by atoms with E-state index in [0.717, 1.165) is 5.56 Å². The number of rotatable bonds is 6. The molecule has 0 aliphatic heterocycles. The Bertz CT molecular complexity index is 1240. The molecule has 0 aliphatic rings. The Morgan fingerprint density at radius 3 is 2.40 bits per heavy atom. The van der Waals surface area contributed by atoms with Crippen molar-refractivity contribution in [3.05, 3.63) is 106 Å². The molecule has 4 rings (SSSR count). The summed E-state index contributed by atoms with van der Waals surface area (Å²) in [5.41, 5.74) is 3.32. The summed E-state index contributed by atoms with van der Waals surface area (Å²) in [6, 6.07) is 19.7. The number of aromatic nitrogens is 2. The van der Waals surface area contributed by atoms with Crippen LogP contribution in [0.2, 0.25) is 0 Å². The fourth-order valence-corrected chi connectivity index (χ4v) is 2.86. The summed E-state index contributed by atoms with van der Waals surface area (Å²) in [6.45, 7) is 0.199. The van der Waals surface area contributed by atoms with E-state index in [1.807, 2.05) is 24.3 Å². The van der Waals surface area contributed by atoms with E-state index in [1.54, 1.807) is 36.4 Å². The Hall–Kier alpha value is -4.13. The van der Waals surface area contributed by atoms with E-state index >= 15 is 0 Å². The molecular formula is C23H16FN3O3. The van der Waals surface area contributed by atoms with Gasteiger partial charge >= 0.3 is 0 Å². The van der Waals surface area contributed by atoms with Crippen molar-refractivity contribution in [3.8, 4) is 5.88 Å². The largest absolute Gasteiger partial charge is 0.471 e. The first-order chi connectivity index (χ1) is 14.6. The van der Waals surface area contributed by atoms with Crippen LogP contribution in [0.3, 0.4) is 0 Å². The van der Waals surface area contributed by atoms with Gasteiger partial charge in [-0.1, -0.05) is 42.5 Å². The van der Waals surface area contributed by atoms with Crippen molar-refractivity contribution in [2.75, 3.05) is 0 Å². The molecule has 0 unspecified atom stereocenters. The SMILES string of the molecule is O=[N+]([O-])c1cccc(/C=C/c2nc3ccccc3nc2OCc2ccc(F)cc2)c1. The molecule has 3 aromatic carbocycles. The number of benzene rings is 3. The minimum Gasteiger partial charge on any atom is -0.471 e. The van der Waals surface area contributed by atoms with Crippen molar-refractivity contribution in [2.45, 2.75) is 6.61 Å². The third kappa shape index (κ3) is 4.47. The lowest BCUT2D eigenvalue weighted by Crippen LogP contribution is -2.01. The molecule has 0 saturated heterocycles. The summed E-state index contributed by atoms with van der Waals surface area (Å²) in [5, 5.41) is 11.0. The highest BCUT2D eigenvalue weighted by Gasteiger charge is 2.09. The first-order valence-corrected chi connectivity index (χ1v) is 9.15. The van der Waals surface area contributed by atoms with Gasteiger partial charge in [0.2, 0.25) is 5.88 Å². The molecule has 7 heteroatoms. The van der Waals surface area contributed by atoms with Gasteiger partial charge in [-0.2, -0.15) is 0 Å². The maximum atomic E-state index is 13.1. The second-order valence-electron chi connectivity index (χ2n) is 6.50. The first kappa shape index (κ1) is 19.2. The Labute approximate surface area is 171 Å². The van der Waals surface area contributed by atoms with Crippen LogP contribution >= 0.6 is 0 Å². The highest BCUT2D eigenvalue weighted by atomic mass is 19.1. The van der Waals surface area contributed by atoms with Crippen molar-refractivity contribution >= 4 is 28.9 Å². The zero-order valence-electron chi connectivity index (χ0n) is 15.7. The zero-order chi connectivity index (χ0) is 20.9. The smallest absolute Gasteiger partial charge is 0.270 e. The number of non-ortho nitro benzene ring substituents is 1. The second-order valence-corrected chi connectivity index (χ2v) is 6.50. The highest BCUT2D eigenvalue weighted by molar-refractivity contribution is 5.79. The first-order valence-electron chi connectivity index (χ1n) is 9.15. The van der Waals surface area contributed by atoms with Crippen LogP contribution in [0.15, 0.2) is 72.8 Å². The van der Waals surface area contributed by atoms with Crippen molar-refractivity contribution in [3.63, 3.8) is 0 Å². The maximum absolute atomic E-state index is 13.1. The van der Waals surface area contributed by atoms with Crippen molar-refractivity contribution in [1.82, 2.24) is 9.97 Å². The van der Waals surface area contributed by atoms with E-state index in [0.29, 0.717) is 28.2 Å². The van der Waals surface area contributed by atoms with E-state index in [-0.39, 0.29) is 18.1 Å². The standard InChI is InChI=1S/C23H16FN3O3/c24-18-11-8-17(9-12-18)15-30-23-22(25-20-6-1-2-7-21(20)26-23)13-10-16-4-3-5-19(14-16)27(28)29/h1-14H,15H2/b13-10+. The fourth-order valence-electron chi connectivity index (χ4n) is 2.86. The molecule has 0 fully saturated rings. The van der Waals surface area contributed by atoms with E-state index in [4.69, 9.17) is 4.74 Å². The Balaban J connectivity index is 1.66. The molecule has 148 valence electrons. The van der Waals surface area contributed by atoms with Gasteiger partial charge in [0.05, 0.1) is 16.0 Å². The van der Waals surface area contributed by atoms with Crippen LogP contribution in [0, 0.1) is 15.9 Å². The summed E-state index contributed by atoms with van der Waals surface area (Å²) < 4.78 is 19.0. The molecule has 6 nitrogen and oxygen atoms in total. The van der Waals surface area contributed by atoms with Gasteiger partial charge in [0.25, 0.3) is 5.69 Å². The number of ether oxygens (including phenoxy) is 1. The number of fused-ring (bicyclic) bond motifs is 1. The molecule has 0 amide bonds. The van der Waals surface area contributed by atoms with E-state index in [2.05, 4.69) is 9.97 Å². The van der Waals surface area contributed by atoms with Crippen LogP contribution in [-0.4, -0.2) is 14.9 Å². The summed E-state index contributed by atoms with van der Waals surface area (Å²) in [7, 11) is 0. The molecule has 0 N–H and O–H groups in total. The number of nitro benzene ring substituents is 1. The summed E-state index contributed by atoms with van der Waals surface area (Å²) in [5.74, 6) is 0.00419. The predicted molar refractivity (Wildman–Crippen MR) is 112 cm³/mol. The lowest BCUT2D eigenvalue weighted by atomic mass is 10.1. The Morgan fingerprint density at radius 1 is 0.933 bits per heavy atom. The van der Waals surface area contributed by atoms with Gasteiger partial charge in [-0.3, -0.25) is 10.1 Å². The van der Waals surface area contributed by atoms with Crippen molar-refractivity contribution in [2.24, 2.45) is 0 Å². The lowest BCUT2D eigenvalue weighted by Gasteiger charge is -2.09. The van der Waals surface area contributed by atoms with E-state index in [9.17, 15) is 14.5 Å². The normalized spacial score (nSPS) is 11.1. The summed E-state index contributed by atoms with van der Waals surface area (Å²) in [6.07, 6.45) is 3.43. The fraction of sp³-hybridized carbons (Fsp3) is 0.0435. The summed E-state index contributed by atoms with van der Waals surface area (Å²) in [4.78, 5) is 19.7. The van der Waals surface area contributed by atoms with Gasteiger partial charge in [0.15, 0.2) is 0 Å². The molecule has 1 heterocycles. The molecule has 0 radical (unpaired) electrons. The average molecular weight is 401 g/mol. The molecule has 0 aliphatic carbocycles. The van der Waals surface area contributed by atoms with Crippen LogP contribution in [0.4, 0.5) is 10.1 Å². The minimum atomic E-state index is -0.440. The lowest BCUT2D eigenvalue weighted by molar-refractivity contribution is -0.384. The molecule has 1 aromatic heterocycles. The molecule has 0 bridgehead atoms. The van der Waals surface area contributed by atoms with Crippen LogP contribution < -0.4 is 4.74 Å². The summed E-state index contributed by atoms with van der Waals surface area (Å²) >= 11 is 0. The average Bonchev–Trinajstić information content (AvgIpc) is 2.77. The Kier molecular flexibility index (Phi) is 5.43. The third-order valence-corrected chi connectivity index (χ3v) is 4.37. The predicted octanol–water partition coefficient (Wildman–Crippen LogP) is 5.43. The number of nitrogens with zero attached hydrogens (tertiary/aromatic N) is 3. The van der Waals surface area contributed by atoms with Crippen LogP contribution in [-0.2, 0) is 6.61 Å². The van der Waals surface area contributed by atoms with Gasteiger partial charge in [-0.05, 0) is 41.5 Å². The molecule has 4 aromatic rings. The van der Waals surface area contributed by atoms with Crippen LogP contribution in [0.5, 0.6) is 5.88 Å². The third-order valence-electron chi connectivity index (χ3n) is 4.37. The van der Waals surface area contributed by atoms with E-state index in [1.165, 1.54) is 24.3 Å². The van der Waals surface area contributed by atoms with Gasteiger partial charge in [0, 0.05) is 12.1 Å². The number of hydrogen-bond acceptors (Lipinski definition) is 5. The van der Waals surface area contributed by atoms with Gasteiger partial charge < -0.3 is 4.74 Å². The molecule has 30 heavy (non-hydrogen) atoms. The highest BCUT2D eigenvalue weighted by Crippen LogP contribution is 2.23. The maximum Gasteiger partial charge on any atom is 0.270 e. The van der Waals surface area contributed by atoms with Gasteiger partial charge in [-0.25, -0.2) is 14.4 Å². The van der Waals surface area contributed by atoms with Crippen molar-refractivity contribution in [1.29, 1.82) is 0 Å². The molecular weight excluding hydrogens is 385 g/mol. The minimum absolute atomic E-state index is 0.00882. The second kappa shape index (κ2) is 8.48. The Morgan fingerprint density at radius 2 is 1.67 bits per heavy atom. The van der Waals surface area contributed by atoms with Crippen molar-refractivity contribution < 1.29 is 14.1 Å². The number of para-hydroxylation sites is 2. The van der Waals surface area contributed by atoms with Gasteiger partial charge in [-0.15, -0.1) is 0 Å². The van der Waals surface area contributed by atoms with Crippen LogP contribution in [0.1, 0.15) is 16.8 Å². The molecule has 0 saturated carbocycles. The van der Waals surface area contributed by atoms with E-state index < -0.39 is 4.92 Å². The monoisotopic (exact) mass is 401 g/mol. The molecule has 0 atom stereocenters. The number of hydrogen-bond donors (Lipinski definition) is 0. The van der Waals surface area contributed by atoms with Gasteiger partial charge in [0.1, 0.15) is 18.1 Å². The van der Waals surface area contributed by atoms with Crippen LogP contribution in [0.25, 0.3) is 23.2 Å².